The molecule has 0 aromatic heterocycles. The summed E-state index contributed by atoms with van der Waals surface area (Å²) in [6.45, 7) is 1.94. The second-order valence-electron chi connectivity index (χ2n) is 9.61. The molecule has 0 bridgehead atoms. The fraction of sp³-hybridized carbons (Fsp3) is 0.310. The second kappa shape index (κ2) is 13.2. The Morgan fingerprint density at radius 2 is 1.67 bits per heavy atom. The summed E-state index contributed by atoms with van der Waals surface area (Å²) in [6.07, 6.45) is 2.63. The topological polar surface area (TPSA) is 78.9 Å². The first-order valence-electron chi connectivity index (χ1n) is 12.5. The van der Waals surface area contributed by atoms with Crippen molar-refractivity contribution >= 4 is 52.2 Å². The van der Waals surface area contributed by atoms with Crippen molar-refractivity contribution in [2.45, 2.75) is 31.6 Å². The number of carbonyl (C=O) groups excluding carboxylic acids is 2. The van der Waals surface area contributed by atoms with Gasteiger partial charge in [-0.3, -0.25) is 4.79 Å². The van der Waals surface area contributed by atoms with E-state index in [4.69, 9.17) is 44.3 Å². The average molecular weight is 597 g/mol. The Hall–Kier alpha value is -1.93. The van der Waals surface area contributed by atoms with E-state index in [-0.39, 0.29) is 47.0 Å². The van der Waals surface area contributed by atoms with Gasteiger partial charge in [0.15, 0.2) is 5.78 Å². The van der Waals surface area contributed by atoms with Crippen molar-refractivity contribution < 1.29 is 53.7 Å². The van der Waals surface area contributed by atoms with Crippen molar-refractivity contribution in [1.29, 1.82) is 0 Å². The maximum absolute atomic E-state index is 12.9. The molecule has 1 atom stereocenters. The van der Waals surface area contributed by atoms with Crippen LogP contribution in [0.5, 0.6) is 17.2 Å². The summed E-state index contributed by atoms with van der Waals surface area (Å²) in [5, 5.41) is 13.0. The van der Waals surface area contributed by atoms with Gasteiger partial charge in [-0.15, -0.1) is 0 Å². The molecular weight excluding hydrogens is 572 g/mol. The molecule has 2 aliphatic rings. The fourth-order valence-electron chi connectivity index (χ4n) is 5.04. The van der Waals surface area contributed by atoms with Crippen molar-refractivity contribution in [3.63, 3.8) is 0 Å². The first-order chi connectivity index (χ1) is 18.3. The molecule has 1 saturated heterocycles. The molecule has 0 N–H and O–H groups in total. The van der Waals surface area contributed by atoms with Crippen LogP contribution in [-0.2, 0) is 4.79 Å². The van der Waals surface area contributed by atoms with Gasteiger partial charge in [-0.05, 0) is 73.7 Å². The Bertz CT molecular complexity index is 1360. The van der Waals surface area contributed by atoms with Gasteiger partial charge in [-0.1, -0.05) is 34.8 Å². The summed E-state index contributed by atoms with van der Waals surface area (Å²) in [5.74, 6) is -0.261. The third-order valence-corrected chi connectivity index (χ3v) is 7.96. The Labute approximate surface area is 264 Å². The van der Waals surface area contributed by atoms with Gasteiger partial charge in [0.1, 0.15) is 17.2 Å². The number of hydrogen-bond donors (Lipinski definition) is 0. The molecule has 5 rings (SSSR count). The Kier molecular flexibility index (Phi) is 10.1. The number of Topliss-reactive ketones (excluding diaryl/α,β-unsaturated/α-hetero) is 1. The van der Waals surface area contributed by atoms with Crippen LogP contribution in [-0.4, -0.2) is 31.4 Å². The van der Waals surface area contributed by atoms with E-state index < -0.39 is 11.9 Å². The number of nitrogens with zero attached hydrogens (tertiary/aromatic N) is 1. The van der Waals surface area contributed by atoms with E-state index in [0.717, 1.165) is 31.6 Å². The van der Waals surface area contributed by atoms with Gasteiger partial charge in [0.25, 0.3) is 0 Å². The monoisotopic (exact) mass is 595 g/mol. The largest absolute Gasteiger partial charge is 1.00 e. The predicted octanol–water partition coefficient (Wildman–Crippen LogP) is 3.55. The standard InChI is InChI=1S/C29H26Cl3NO5.Na/c30-19-3-6-25(23(31)14-19)33-10-7-17(8-11-33)13-26(34)18-1-4-20(5-2-18)38-28-16-27-22(15-24(28)32)21(29(35)36)9-12-37-27;/h1-6,14-17,21H,7-13H2,(H,35,36);/q;+1/p-1. The fourth-order valence-corrected chi connectivity index (χ4v) is 5.78. The molecular formula is C29H25Cl3NNaO5. The normalized spacial score (nSPS) is 17.0. The number of anilines is 1. The van der Waals surface area contributed by atoms with Crippen LogP contribution >= 0.6 is 34.8 Å². The van der Waals surface area contributed by atoms with E-state index in [2.05, 4.69) is 4.90 Å². The van der Waals surface area contributed by atoms with Gasteiger partial charge in [-0.2, -0.15) is 0 Å². The number of ether oxygens (including phenoxy) is 2. The number of aliphatic carboxylic acids is 1. The number of halogens is 3. The van der Waals surface area contributed by atoms with Crippen LogP contribution in [0.1, 0.15) is 47.5 Å². The molecule has 1 unspecified atom stereocenters. The summed E-state index contributed by atoms with van der Waals surface area (Å²) < 4.78 is 11.5. The van der Waals surface area contributed by atoms with Crippen molar-refractivity contribution in [2.24, 2.45) is 5.92 Å². The third kappa shape index (κ3) is 7.05. The number of hydrogen-bond acceptors (Lipinski definition) is 6. The van der Waals surface area contributed by atoms with E-state index in [9.17, 15) is 14.7 Å². The maximum atomic E-state index is 12.9. The van der Waals surface area contributed by atoms with Crippen LogP contribution in [0, 0.1) is 5.92 Å². The van der Waals surface area contributed by atoms with Gasteiger partial charge in [0.2, 0.25) is 0 Å². The minimum atomic E-state index is -1.16. The minimum Gasteiger partial charge on any atom is -0.549 e. The van der Waals surface area contributed by atoms with E-state index in [1.54, 1.807) is 42.5 Å². The zero-order valence-electron chi connectivity index (χ0n) is 21.4. The molecule has 3 aromatic carbocycles. The Balaban J connectivity index is 0.00000353. The van der Waals surface area contributed by atoms with Crippen LogP contribution in [0.3, 0.4) is 0 Å². The molecule has 3 aromatic rings. The number of fused-ring (bicyclic) bond motifs is 1. The van der Waals surface area contributed by atoms with Gasteiger partial charge < -0.3 is 24.3 Å². The molecule has 2 heterocycles. The van der Waals surface area contributed by atoms with E-state index >= 15 is 0 Å². The average Bonchev–Trinajstić information content (AvgIpc) is 2.90. The smallest absolute Gasteiger partial charge is 0.549 e. The second-order valence-corrected chi connectivity index (χ2v) is 10.9. The van der Waals surface area contributed by atoms with Crippen LogP contribution in [0.2, 0.25) is 15.1 Å². The van der Waals surface area contributed by atoms with Crippen LogP contribution in [0.25, 0.3) is 0 Å². The maximum Gasteiger partial charge on any atom is 1.00 e. The van der Waals surface area contributed by atoms with E-state index in [1.165, 1.54) is 0 Å². The van der Waals surface area contributed by atoms with Crippen molar-refractivity contribution in [3.8, 4) is 17.2 Å². The molecule has 1 fully saturated rings. The number of carboxylic acids is 1. The van der Waals surface area contributed by atoms with Crippen LogP contribution < -0.4 is 49.0 Å². The van der Waals surface area contributed by atoms with E-state index in [1.807, 2.05) is 12.1 Å². The van der Waals surface area contributed by atoms with Gasteiger partial charge in [0.05, 0.1) is 22.3 Å². The number of rotatable bonds is 7. The molecule has 6 nitrogen and oxygen atoms in total. The molecule has 198 valence electrons. The van der Waals surface area contributed by atoms with Gasteiger partial charge in [0, 0.05) is 53.6 Å². The van der Waals surface area contributed by atoms with Crippen molar-refractivity contribution in [2.75, 3.05) is 24.6 Å². The van der Waals surface area contributed by atoms with Gasteiger partial charge >= 0.3 is 29.6 Å². The zero-order chi connectivity index (χ0) is 26.8. The number of carboxylic acid groups (broad SMARTS) is 1. The van der Waals surface area contributed by atoms with Gasteiger partial charge in [-0.25, -0.2) is 0 Å². The minimum absolute atomic E-state index is 0. The Morgan fingerprint density at radius 3 is 2.33 bits per heavy atom. The first kappa shape index (κ1) is 30.0. The molecule has 39 heavy (non-hydrogen) atoms. The summed E-state index contributed by atoms with van der Waals surface area (Å²) in [7, 11) is 0. The number of piperidine rings is 1. The SMILES string of the molecule is O=C(CC1CCN(c2ccc(Cl)cc2Cl)CC1)c1ccc(Oc2cc3c(cc2Cl)C(C(=O)[O-])CCO3)cc1.[Na+]. The Morgan fingerprint density at radius 1 is 0.949 bits per heavy atom. The van der Waals surface area contributed by atoms with Crippen LogP contribution in [0.15, 0.2) is 54.6 Å². The summed E-state index contributed by atoms with van der Waals surface area (Å²) >= 11 is 18.7. The molecule has 0 radical (unpaired) electrons. The number of ketones is 1. The molecule has 0 spiro atoms. The molecule has 0 amide bonds. The summed E-state index contributed by atoms with van der Waals surface area (Å²) in [5.41, 5.74) is 2.08. The molecule has 10 heteroatoms. The first-order valence-corrected chi connectivity index (χ1v) is 13.6. The van der Waals surface area contributed by atoms with Crippen LogP contribution in [0.4, 0.5) is 5.69 Å². The summed E-state index contributed by atoms with van der Waals surface area (Å²) in [6, 6.07) is 15.6. The summed E-state index contributed by atoms with van der Waals surface area (Å²) in [4.78, 5) is 26.6. The third-order valence-electron chi connectivity index (χ3n) is 7.13. The zero-order valence-corrected chi connectivity index (χ0v) is 25.7. The predicted molar refractivity (Wildman–Crippen MR) is 146 cm³/mol. The number of benzene rings is 3. The van der Waals surface area contributed by atoms with Crippen molar-refractivity contribution in [3.05, 3.63) is 80.8 Å². The molecule has 0 aliphatic carbocycles. The molecule has 2 aliphatic heterocycles. The van der Waals surface area contributed by atoms with E-state index in [0.29, 0.717) is 57.2 Å². The quantitative estimate of drug-likeness (QED) is 0.307. The number of carbonyl (C=O) groups is 2. The van der Waals surface area contributed by atoms with Crippen molar-refractivity contribution in [1.82, 2.24) is 0 Å². The molecule has 0 saturated carbocycles.